The number of imidazole rings is 1. The second-order valence-electron chi connectivity index (χ2n) is 8.35. The van der Waals surface area contributed by atoms with Gasteiger partial charge in [-0.1, -0.05) is 12.1 Å². The fraction of sp³-hybridized carbons (Fsp3) is 0.455. The molecule has 5 rings (SSSR count). The van der Waals surface area contributed by atoms with Crippen LogP contribution in [-0.4, -0.2) is 72.8 Å². The lowest BCUT2D eigenvalue weighted by Gasteiger charge is -2.21. The molecule has 2 aliphatic heterocycles. The van der Waals surface area contributed by atoms with Gasteiger partial charge in [0, 0.05) is 45.3 Å². The smallest absolute Gasteiger partial charge is 0.289 e. The van der Waals surface area contributed by atoms with Crippen LogP contribution >= 0.6 is 0 Å². The average molecular weight is 458 g/mol. The van der Waals surface area contributed by atoms with E-state index in [2.05, 4.69) is 14.9 Å². The minimum atomic E-state index is -3.63. The van der Waals surface area contributed by atoms with E-state index >= 15 is 0 Å². The first-order valence-corrected chi connectivity index (χ1v) is 12.5. The van der Waals surface area contributed by atoms with Crippen LogP contribution in [0.4, 0.5) is 5.95 Å². The number of fused-ring (bicyclic) bond motifs is 1. The summed E-state index contributed by atoms with van der Waals surface area (Å²) in [5, 5.41) is 0. The molecule has 3 aromatic rings. The number of hydrogen-bond acceptors (Lipinski definition) is 6. The Morgan fingerprint density at radius 3 is 2.59 bits per heavy atom. The van der Waals surface area contributed by atoms with Crippen LogP contribution in [0.15, 0.2) is 39.6 Å². The van der Waals surface area contributed by atoms with Crippen molar-refractivity contribution in [2.45, 2.75) is 31.1 Å². The third-order valence-corrected chi connectivity index (χ3v) is 8.23. The summed E-state index contributed by atoms with van der Waals surface area (Å²) in [6.45, 7) is 5.11. The van der Waals surface area contributed by atoms with E-state index in [4.69, 9.17) is 4.42 Å². The molecule has 170 valence electrons. The minimum absolute atomic E-state index is 0.0810. The highest BCUT2D eigenvalue weighted by Gasteiger charge is 2.33. The molecule has 1 amide bonds. The number of furan rings is 1. The molecule has 0 radical (unpaired) electrons. The van der Waals surface area contributed by atoms with Crippen molar-refractivity contribution in [2.75, 3.05) is 44.2 Å². The standard InChI is InChI=1S/C22H27N5O4S/c1-16-20(32(29,30)27-11-4-5-12-27)15-19(31-16)21(28)25-9-6-10-26(14-13-25)22-23-17-7-2-3-8-18(17)24-22/h2-3,7-8,15H,4-6,9-14H2,1H3,(H,23,24). The summed E-state index contributed by atoms with van der Waals surface area (Å²) in [4.78, 5) is 25.1. The summed E-state index contributed by atoms with van der Waals surface area (Å²) in [5.41, 5.74) is 1.90. The third kappa shape index (κ3) is 3.77. The number of aromatic nitrogens is 2. The fourth-order valence-electron chi connectivity index (χ4n) is 4.47. The molecular weight excluding hydrogens is 430 g/mol. The molecule has 0 atom stereocenters. The van der Waals surface area contributed by atoms with Crippen LogP contribution in [0.5, 0.6) is 0 Å². The van der Waals surface area contributed by atoms with Gasteiger partial charge < -0.3 is 19.2 Å². The molecule has 2 fully saturated rings. The van der Waals surface area contributed by atoms with Gasteiger partial charge in [0.2, 0.25) is 16.0 Å². The molecule has 9 nitrogen and oxygen atoms in total. The van der Waals surface area contributed by atoms with Gasteiger partial charge in [0.15, 0.2) is 5.76 Å². The van der Waals surface area contributed by atoms with Gasteiger partial charge in [0.25, 0.3) is 5.91 Å². The second-order valence-corrected chi connectivity index (χ2v) is 10.3. The Balaban J connectivity index is 1.31. The Morgan fingerprint density at radius 2 is 1.81 bits per heavy atom. The summed E-state index contributed by atoms with van der Waals surface area (Å²) >= 11 is 0. The number of amides is 1. The Bertz CT molecular complexity index is 1210. The van der Waals surface area contributed by atoms with E-state index in [1.807, 2.05) is 24.3 Å². The van der Waals surface area contributed by atoms with E-state index < -0.39 is 10.0 Å². The predicted molar refractivity (Wildman–Crippen MR) is 120 cm³/mol. The van der Waals surface area contributed by atoms with Crippen LogP contribution in [0.3, 0.4) is 0 Å². The van der Waals surface area contributed by atoms with E-state index in [9.17, 15) is 13.2 Å². The number of carbonyl (C=O) groups is 1. The van der Waals surface area contributed by atoms with Crippen LogP contribution in [-0.2, 0) is 10.0 Å². The van der Waals surface area contributed by atoms with Crippen LogP contribution < -0.4 is 4.90 Å². The highest BCUT2D eigenvalue weighted by atomic mass is 32.2. The summed E-state index contributed by atoms with van der Waals surface area (Å²) in [7, 11) is -3.63. The zero-order valence-corrected chi connectivity index (χ0v) is 18.9. The normalized spacial score (nSPS) is 18.4. The number of H-pyrrole nitrogens is 1. The van der Waals surface area contributed by atoms with Crippen molar-refractivity contribution in [1.29, 1.82) is 0 Å². The van der Waals surface area contributed by atoms with Gasteiger partial charge in [-0.3, -0.25) is 4.79 Å². The number of para-hydroxylation sites is 2. The molecule has 2 aromatic heterocycles. The van der Waals surface area contributed by atoms with E-state index in [0.717, 1.165) is 42.8 Å². The van der Waals surface area contributed by atoms with Crippen molar-refractivity contribution in [2.24, 2.45) is 0 Å². The largest absolute Gasteiger partial charge is 0.455 e. The van der Waals surface area contributed by atoms with Gasteiger partial charge in [0.1, 0.15) is 10.7 Å². The number of aromatic amines is 1. The Labute approximate surface area is 187 Å². The maximum absolute atomic E-state index is 13.1. The Kier molecular flexibility index (Phi) is 5.42. The Morgan fingerprint density at radius 1 is 1.03 bits per heavy atom. The number of aryl methyl sites for hydroxylation is 1. The minimum Gasteiger partial charge on any atom is -0.455 e. The average Bonchev–Trinajstić information content (AvgIpc) is 3.50. The van der Waals surface area contributed by atoms with Crippen LogP contribution in [0.2, 0.25) is 0 Å². The van der Waals surface area contributed by atoms with Crippen LogP contribution in [0.1, 0.15) is 35.6 Å². The number of nitrogens with one attached hydrogen (secondary N) is 1. The first kappa shape index (κ1) is 21.0. The van der Waals surface area contributed by atoms with E-state index in [1.165, 1.54) is 10.4 Å². The van der Waals surface area contributed by atoms with Crippen molar-refractivity contribution in [3.8, 4) is 0 Å². The Hall–Kier alpha value is -2.85. The lowest BCUT2D eigenvalue weighted by atomic mass is 10.3. The molecule has 10 heteroatoms. The van der Waals surface area contributed by atoms with Crippen LogP contribution in [0, 0.1) is 6.92 Å². The number of benzene rings is 1. The van der Waals surface area contributed by atoms with Gasteiger partial charge in [-0.25, -0.2) is 13.4 Å². The molecule has 1 N–H and O–H groups in total. The van der Waals surface area contributed by atoms with Gasteiger partial charge in [-0.15, -0.1) is 0 Å². The van der Waals surface area contributed by atoms with E-state index in [1.54, 1.807) is 11.8 Å². The van der Waals surface area contributed by atoms with Gasteiger partial charge in [0.05, 0.1) is 11.0 Å². The molecule has 4 heterocycles. The zero-order chi connectivity index (χ0) is 22.3. The maximum atomic E-state index is 13.1. The number of carbonyl (C=O) groups excluding carboxylic acids is 1. The lowest BCUT2D eigenvalue weighted by molar-refractivity contribution is 0.0733. The SMILES string of the molecule is Cc1oc(C(=O)N2CCCN(c3nc4ccccc4[nH]3)CC2)cc1S(=O)(=O)N1CCCC1. The highest BCUT2D eigenvalue weighted by molar-refractivity contribution is 7.89. The molecular formula is C22H27N5O4S. The molecule has 32 heavy (non-hydrogen) atoms. The number of sulfonamides is 1. The van der Waals surface area contributed by atoms with E-state index in [-0.39, 0.29) is 22.3 Å². The van der Waals surface area contributed by atoms with Gasteiger partial charge in [-0.2, -0.15) is 4.31 Å². The number of rotatable bonds is 4. The molecule has 0 unspecified atom stereocenters. The monoisotopic (exact) mass is 457 g/mol. The topological polar surface area (TPSA) is 103 Å². The van der Waals surface area contributed by atoms with Crippen molar-refractivity contribution >= 4 is 32.9 Å². The molecule has 0 aliphatic carbocycles. The van der Waals surface area contributed by atoms with Crippen molar-refractivity contribution < 1.29 is 17.6 Å². The first-order chi connectivity index (χ1) is 15.4. The summed E-state index contributed by atoms with van der Waals surface area (Å²) in [5.74, 6) is 0.868. The van der Waals surface area contributed by atoms with Gasteiger partial charge >= 0.3 is 0 Å². The molecule has 2 aliphatic rings. The fourth-order valence-corrected chi connectivity index (χ4v) is 6.15. The van der Waals surface area contributed by atoms with Crippen molar-refractivity contribution in [1.82, 2.24) is 19.2 Å². The molecule has 0 spiro atoms. The molecule has 0 bridgehead atoms. The molecule has 0 saturated carbocycles. The molecule has 2 saturated heterocycles. The zero-order valence-electron chi connectivity index (χ0n) is 18.1. The number of hydrogen-bond donors (Lipinski definition) is 1. The third-order valence-electron chi connectivity index (χ3n) is 6.23. The lowest BCUT2D eigenvalue weighted by Crippen LogP contribution is -2.35. The maximum Gasteiger partial charge on any atom is 0.289 e. The summed E-state index contributed by atoms with van der Waals surface area (Å²) < 4.78 is 32.9. The van der Waals surface area contributed by atoms with Crippen molar-refractivity contribution in [3.63, 3.8) is 0 Å². The van der Waals surface area contributed by atoms with Crippen LogP contribution in [0.25, 0.3) is 11.0 Å². The van der Waals surface area contributed by atoms with Gasteiger partial charge in [-0.05, 0) is 38.3 Å². The quantitative estimate of drug-likeness (QED) is 0.646. The summed E-state index contributed by atoms with van der Waals surface area (Å²) in [6, 6.07) is 9.28. The van der Waals surface area contributed by atoms with E-state index in [0.29, 0.717) is 32.7 Å². The first-order valence-electron chi connectivity index (χ1n) is 11.0. The predicted octanol–water partition coefficient (Wildman–Crippen LogP) is 2.60. The second kappa shape index (κ2) is 8.25. The molecule has 1 aromatic carbocycles. The van der Waals surface area contributed by atoms with Crippen molar-refractivity contribution in [3.05, 3.63) is 41.9 Å². The summed E-state index contributed by atoms with van der Waals surface area (Å²) in [6.07, 6.45) is 2.50. The number of nitrogens with zero attached hydrogens (tertiary/aromatic N) is 4. The number of anilines is 1. The highest BCUT2D eigenvalue weighted by Crippen LogP contribution is 2.27.